The molecule has 0 radical (unpaired) electrons. The summed E-state index contributed by atoms with van der Waals surface area (Å²) in [6.07, 6.45) is 10.5. The second kappa shape index (κ2) is 7.63. The number of aromatic nitrogens is 1. The Kier molecular flexibility index (Phi) is 5.83. The first-order valence-electron chi connectivity index (χ1n) is 7.31. The highest BCUT2D eigenvalue weighted by Crippen LogP contribution is 2.29. The van der Waals surface area contributed by atoms with E-state index in [1.54, 1.807) is 0 Å². The second-order valence-electron chi connectivity index (χ2n) is 5.22. The molecule has 0 saturated heterocycles. The van der Waals surface area contributed by atoms with Crippen LogP contribution in [0.5, 0.6) is 0 Å². The number of hydrogen-bond acceptors (Lipinski definition) is 4. The summed E-state index contributed by atoms with van der Waals surface area (Å²) in [4.78, 5) is 4.35. The summed E-state index contributed by atoms with van der Waals surface area (Å²) < 4.78 is 0. The molecule has 0 aromatic carbocycles. The van der Waals surface area contributed by atoms with Gasteiger partial charge in [0.2, 0.25) is 0 Å². The molecule has 1 aliphatic carbocycles. The molecule has 19 heavy (non-hydrogen) atoms. The van der Waals surface area contributed by atoms with Gasteiger partial charge in [-0.25, -0.2) is 4.98 Å². The Hall–Kier alpha value is -0.900. The van der Waals surface area contributed by atoms with Crippen LogP contribution in [0.3, 0.4) is 0 Å². The minimum atomic E-state index is 0.618. The molecule has 1 saturated carbocycles. The molecule has 2 rings (SSSR count). The van der Waals surface area contributed by atoms with Crippen molar-refractivity contribution < 1.29 is 0 Å². The van der Waals surface area contributed by atoms with E-state index in [9.17, 15) is 0 Å². The molecule has 1 aromatic rings. The van der Waals surface area contributed by atoms with E-state index in [-0.39, 0.29) is 0 Å². The first-order valence-corrected chi connectivity index (χ1v) is 8.60. The maximum atomic E-state index is 4.35. The van der Waals surface area contributed by atoms with Gasteiger partial charge in [0.15, 0.2) is 0 Å². The van der Waals surface area contributed by atoms with E-state index < -0.39 is 0 Å². The second-order valence-corrected chi connectivity index (χ2v) is 6.36. The summed E-state index contributed by atoms with van der Waals surface area (Å²) in [7, 11) is 0. The lowest BCUT2D eigenvalue weighted by Crippen LogP contribution is -2.28. The minimum absolute atomic E-state index is 0.618. The maximum Gasteiger partial charge on any atom is 0.127 e. The van der Waals surface area contributed by atoms with Crippen LogP contribution in [0, 0.1) is 0 Å². The Morgan fingerprint density at radius 1 is 1.42 bits per heavy atom. The summed E-state index contributed by atoms with van der Waals surface area (Å²) >= 11 is 2.01. The van der Waals surface area contributed by atoms with E-state index in [0.29, 0.717) is 6.04 Å². The fraction of sp³-hybridized carbons (Fsp3) is 0.667. The SMILES string of the molecule is CCCNc1cc(NC2CCCC(SC)C2)ccn1. The zero-order valence-electron chi connectivity index (χ0n) is 12.0. The van der Waals surface area contributed by atoms with E-state index in [4.69, 9.17) is 0 Å². The molecule has 2 N–H and O–H groups in total. The van der Waals surface area contributed by atoms with Crippen molar-refractivity contribution in [1.29, 1.82) is 0 Å². The van der Waals surface area contributed by atoms with Crippen molar-refractivity contribution in [1.82, 2.24) is 4.98 Å². The van der Waals surface area contributed by atoms with Gasteiger partial charge in [-0.1, -0.05) is 13.3 Å². The Balaban J connectivity index is 1.90. The molecular formula is C15H25N3S. The zero-order chi connectivity index (χ0) is 13.5. The van der Waals surface area contributed by atoms with Gasteiger partial charge in [-0.15, -0.1) is 0 Å². The topological polar surface area (TPSA) is 37.0 Å². The van der Waals surface area contributed by atoms with E-state index in [1.165, 1.54) is 31.4 Å². The highest BCUT2D eigenvalue weighted by Gasteiger charge is 2.20. The smallest absolute Gasteiger partial charge is 0.127 e. The summed E-state index contributed by atoms with van der Waals surface area (Å²) in [6, 6.07) is 4.81. The summed E-state index contributed by atoms with van der Waals surface area (Å²) in [5.41, 5.74) is 1.19. The molecule has 2 unspecified atom stereocenters. The fourth-order valence-corrected chi connectivity index (χ4v) is 3.42. The quantitative estimate of drug-likeness (QED) is 0.825. The van der Waals surface area contributed by atoms with E-state index >= 15 is 0 Å². The molecular weight excluding hydrogens is 254 g/mol. The number of nitrogens with one attached hydrogen (secondary N) is 2. The lowest BCUT2D eigenvalue weighted by molar-refractivity contribution is 0.473. The largest absolute Gasteiger partial charge is 0.382 e. The van der Waals surface area contributed by atoms with Gasteiger partial charge in [0.05, 0.1) is 0 Å². The zero-order valence-corrected chi connectivity index (χ0v) is 12.8. The fourth-order valence-electron chi connectivity index (χ4n) is 2.60. The Morgan fingerprint density at radius 2 is 2.32 bits per heavy atom. The average Bonchev–Trinajstić information content (AvgIpc) is 2.46. The Labute approximate surface area is 121 Å². The van der Waals surface area contributed by atoms with Crippen LogP contribution < -0.4 is 10.6 Å². The van der Waals surface area contributed by atoms with E-state index in [2.05, 4.69) is 40.9 Å². The van der Waals surface area contributed by atoms with Gasteiger partial charge in [0.1, 0.15) is 5.82 Å². The van der Waals surface area contributed by atoms with Crippen LogP contribution in [0.2, 0.25) is 0 Å². The number of pyridine rings is 1. The summed E-state index contributed by atoms with van der Waals surface area (Å²) in [5.74, 6) is 0.976. The predicted octanol–water partition coefficient (Wildman–Crippen LogP) is 3.99. The normalized spacial score (nSPS) is 23.1. The van der Waals surface area contributed by atoms with Gasteiger partial charge >= 0.3 is 0 Å². The molecule has 2 atom stereocenters. The Morgan fingerprint density at radius 3 is 3.11 bits per heavy atom. The first kappa shape index (κ1) is 14.5. The van der Waals surface area contributed by atoms with Crippen molar-refractivity contribution in [2.75, 3.05) is 23.4 Å². The molecule has 1 aliphatic rings. The molecule has 1 aromatic heterocycles. The average molecular weight is 279 g/mol. The molecule has 106 valence electrons. The van der Waals surface area contributed by atoms with Crippen LogP contribution in [0.1, 0.15) is 39.0 Å². The van der Waals surface area contributed by atoms with Crippen LogP contribution >= 0.6 is 11.8 Å². The molecule has 3 nitrogen and oxygen atoms in total. The monoisotopic (exact) mass is 279 g/mol. The first-order chi connectivity index (χ1) is 9.31. The minimum Gasteiger partial charge on any atom is -0.382 e. The van der Waals surface area contributed by atoms with Gasteiger partial charge in [0.25, 0.3) is 0 Å². The van der Waals surface area contributed by atoms with Gasteiger partial charge in [-0.05, 0) is 38.0 Å². The molecule has 0 spiro atoms. The van der Waals surface area contributed by atoms with Crippen molar-refractivity contribution in [2.45, 2.75) is 50.3 Å². The summed E-state index contributed by atoms with van der Waals surface area (Å²) in [6.45, 7) is 3.15. The molecule has 0 amide bonds. The number of nitrogens with zero attached hydrogens (tertiary/aromatic N) is 1. The predicted molar refractivity (Wildman–Crippen MR) is 86.2 cm³/mol. The Bertz CT molecular complexity index is 383. The van der Waals surface area contributed by atoms with Gasteiger partial charge in [0, 0.05) is 35.8 Å². The summed E-state index contributed by atoms with van der Waals surface area (Å²) in [5, 5.41) is 7.83. The molecule has 0 bridgehead atoms. The third-order valence-electron chi connectivity index (χ3n) is 3.65. The number of rotatable bonds is 6. The van der Waals surface area contributed by atoms with E-state index in [1.807, 2.05) is 18.0 Å². The molecule has 0 aliphatic heterocycles. The lowest BCUT2D eigenvalue weighted by Gasteiger charge is -2.29. The van der Waals surface area contributed by atoms with E-state index in [0.717, 1.165) is 24.0 Å². The van der Waals surface area contributed by atoms with Crippen molar-refractivity contribution in [3.05, 3.63) is 18.3 Å². The standard InChI is InChI=1S/C15H25N3S/c1-3-8-16-15-11-13(7-9-17-15)18-12-5-4-6-14(10-12)19-2/h7,9,11-12,14H,3-6,8,10H2,1-2H3,(H2,16,17,18). The molecule has 1 fully saturated rings. The maximum absolute atomic E-state index is 4.35. The highest BCUT2D eigenvalue weighted by atomic mass is 32.2. The van der Waals surface area contributed by atoms with Crippen LogP contribution in [-0.4, -0.2) is 29.1 Å². The number of hydrogen-bond donors (Lipinski definition) is 2. The van der Waals surface area contributed by atoms with Crippen molar-refractivity contribution >= 4 is 23.3 Å². The third-order valence-corrected chi connectivity index (χ3v) is 4.74. The van der Waals surface area contributed by atoms with Gasteiger partial charge in [-0.2, -0.15) is 11.8 Å². The number of anilines is 2. The van der Waals surface area contributed by atoms with Crippen molar-refractivity contribution in [3.8, 4) is 0 Å². The van der Waals surface area contributed by atoms with Gasteiger partial charge < -0.3 is 10.6 Å². The lowest BCUT2D eigenvalue weighted by atomic mass is 9.95. The van der Waals surface area contributed by atoms with Crippen molar-refractivity contribution in [3.63, 3.8) is 0 Å². The highest BCUT2D eigenvalue weighted by molar-refractivity contribution is 7.99. The van der Waals surface area contributed by atoms with Crippen LogP contribution in [0.25, 0.3) is 0 Å². The molecule has 4 heteroatoms. The van der Waals surface area contributed by atoms with Gasteiger partial charge in [-0.3, -0.25) is 0 Å². The van der Waals surface area contributed by atoms with Crippen LogP contribution in [0.4, 0.5) is 11.5 Å². The van der Waals surface area contributed by atoms with Crippen LogP contribution in [-0.2, 0) is 0 Å². The van der Waals surface area contributed by atoms with Crippen LogP contribution in [0.15, 0.2) is 18.3 Å². The molecule has 1 heterocycles. The van der Waals surface area contributed by atoms with Crippen molar-refractivity contribution in [2.24, 2.45) is 0 Å². The number of thioether (sulfide) groups is 1. The third kappa shape index (κ3) is 4.60.